The molecule has 0 bridgehead atoms. The van der Waals surface area contributed by atoms with Gasteiger partial charge in [0.05, 0.1) is 10.5 Å². The van der Waals surface area contributed by atoms with Gasteiger partial charge in [-0.2, -0.15) is 4.31 Å². The van der Waals surface area contributed by atoms with Gasteiger partial charge in [-0.05, 0) is 48.7 Å². The van der Waals surface area contributed by atoms with E-state index in [1.54, 1.807) is 6.07 Å². The van der Waals surface area contributed by atoms with Gasteiger partial charge in [0, 0.05) is 28.9 Å². The van der Waals surface area contributed by atoms with E-state index in [1.807, 2.05) is 30.3 Å². The number of sulfonamides is 1. The average Bonchev–Trinajstić information content (AvgIpc) is 3.24. The molecule has 172 valence electrons. The summed E-state index contributed by atoms with van der Waals surface area (Å²) in [6.45, 7) is 0.455. The minimum absolute atomic E-state index is 0.174. The highest BCUT2D eigenvalue weighted by Crippen LogP contribution is 2.36. The van der Waals surface area contributed by atoms with Gasteiger partial charge in [-0.3, -0.25) is 9.59 Å². The molecule has 3 aromatic rings. The number of hydrogen-bond donors (Lipinski definition) is 2. The fourth-order valence-electron chi connectivity index (χ4n) is 3.74. The number of halogens is 1. The van der Waals surface area contributed by atoms with Crippen molar-refractivity contribution in [2.24, 2.45) is 11.7 Å². The SMILES string of the molecule is NC(=O)c1cc(-c2ccccc2)sc1NC(=O)C1CCN(S(=O)(=O)c2ccc(Cl)cc2)CC1. The van der Waals surface area contributed by atoms with Gasteiger partial charge in [0.25, 0.3) is 5.91 Å². The third-order valence-corrected chi connectivity index (χ3v) is 8.83. The Morgan fingerprint density at radius 1 is 1.03 bits per heavy atom. The topological polar surface area (TPSA) is 110 Å². The van der Waals surface area contributed by atoms with Crippen molar-refractivity contribution in [2.75, 3.05) is 18.4 Å². The molecule has 1 aliphatic heterocycles. The predicted molar refractivity (Wildman–Crippen MR) is 130 cm³/mol. The Balaban J connectivity index is 1.44. The van der Waals surface area contributed by atoms with E-state index in [4.69, 9.17) is 17.3 Å². The molecule has 0 spiro atoms. The van der Waals surface area contributed by atoms with Crippen molar-refractivity contribution in [1.82, 2.24) is 4.31 Å². The summed E-state index contributed by atoms with van der Waals surface area (Å²) in [6, 6.07) is 17.2. The van der Waals surface area contributed by atoms with Crippen LogP contribution in [-0.2, 0) is 14.8 Å². The van der Waals surface area contributed by atoms with Gasteiger partial charge in [-0.15, -0.1) is 11.3 Å². The quantitative estimate of drug-likeness (QED) is 0.525. The number of piperidine rings is 1. The lowest BCUT2D eigenvalue weighted by Gasteiger charge is -2.30. The lowest BCUT2D eigenvalue weighted by molar-refractivity contribution is -0.120. The smallest absolute Gasteiger partial charge is 0.251 e. The van der Waals surface area contributed by atoms with Crippen LogP contribution in [0.4, 0.5) is 5.00 Å². The number of anilines is 1. The van der Waals surface area contributed by atoms with E-state index < -0.39 is 15.9 Å². The van der Waals surface area contributed by atoms with Gasteiger partial charge in [0.2, 0.25) is 15.9 Å². The predicted octanol–water partition coefficient (Wildman–Crippen LogP) is 4.21. The number of nitrogens with zero attached hydrogens (tertiary/aromatic N) is 1. The van der Waals surface area contributed by atoms with Crippen LogP contribution in [0.25, 0.3) is 10.4 Å². The maximum Gasteiger partial charge on any atom is 0.251 e. The first-order chi connectivity index (χ1) is 15.8. The van der Waals surface area contributed by atoms with Gasteiger partial charge in [-0.25, -0.2) is 8.42 Å². The molecule has 1 saturated heterocycles. The Hall–Kier alpha value is -2.72. The van der Waals surface area contributed by atoms with Crippen LogP contribution in [0, 0.1) is 5.92 Å². The van der Waals surface area contributed by atoms with Crippen LogP contribution in [0.2, 0.25) is 5.02 Å². The second-order valence-electron chi connectivity index (χ2n) is 7.71. The number of nitrogens with one attached hydrogen (secondary N) is 1. The maximum absolute atomic E-state index is 12.9. The molecule has 1 aliphatic rings. The molecule has 2 heterocycles. The first-order valence-corrected chi connectivity index (χ1v) is 12.9. The van der Waals surface area contributed by atoms with Gasteiger partial charge in [-0.1, -0.05) is 41.9 Å². The number of benzene rings is 2. The highest BCUT2D eigenvalue weighted by atomic mass is 35.5. The molecule has 0 aliphatic carbocycles. The third-order valence-electron chi connectivity index (χ3n) is 5.57. The van der Waals surface area contributed by atoms with E-state index in [1.165, 1.54) is 39.9 Å². The molecule has 0 radical (unpaired) electrons. The molecule has 7 nitrogen and oxygen atoms in total. The van der Waals surface area contributed by atoms with E-state index in [-0.39, 0.29) is 35.4 Å². The summed E-state index contributed by atoms with van der Waals surface area (Å²) < 4.78 is 27.1. The Bertz CT molecular complexity index is 1270. The molecule has 10 heteroatoms. The van der Waals surface area contributed by atoms with Crippen molar-refractivity contribution in [3.05, 3.63) is 71.2 Å². The van der Waals surface area contributed by atoms with Crippen molar-refractivity contribution in [3.63, 3.8) is 0 Å². The minimum Gasteiger partial charge on any atom is -0.366 e. The zero-order valence-electron chi connectivity index (χ0n) is 17.5. The normalized spacial score (nSPS) is 15.3. The average molecular weight is 504 g/mol. The highest BCUT2D eigenvalue weighted by molar-refractivity contribution is 7.89. The molecule has 0 saturated carbocycles. The number of carbonyl (C=O) groups excluding carboxylic acids is 2. The number of rotatable bonds is 6. The molecule has 3 N–H and O–H groups in total. The van der Waals surface area contributed by atoms with E-state index in [0.29, 0.717) is 22.9 Å². The van der Waals surface area contributed by atoms with Crippen molar-refractivity contribution < 1.29 is 18.0 Å². The van der Waals surface area contributed by atoms with Crippen LogP contribution < -0.4 is 11.1 Å². The number of nitrogens with two attached hydrogens (primary N) is 1. The summed E-state index contributed by atoms with van der Waals surface area (Å²) in [5.41, 5.74) is 6.71. The molecular weight excluding hydrogens is 482 g/mol. The molecular formula is C23H22ClN3O4S2. The van der Waals surface area contributed by atoms with Crippen LogP contribution in [-0.4, -0.2) is 37.6 Å². The van der Waals surface area contributed by atoms with Gasteiger partial charge in [0.15, 0.2) is 0 Å². The number of amides is 2. The summed E-state index contributed by atoms with van der Waals surface area (Å²) in [4.78, 5) is 25.8. The second-order valence-corrected chi connectivity index (χ2v) is 11.1. The number of primary amides is 1. The van der Waals surface area contributed by atoms with E-state index in [9.17, 15) is 18.0 Å². The van der Waals surface area contributed by atoms with Gasteiger partial charge < -0.3 is 11.1 Å². The van der Waals surface area contributed by atoms with Crippen LogP contribution in [0.3, 0.4) is 0 Å². The molecule has 0 atom stereocenters. The molecule has 4 rings (SSSR count). The van der Waals surface area contributed by atoms with Crippen LogP contribution in [0.1, 0.15) is 23.2 Å². The Morgan fingerprint density at radius 2 is 1.67 bits per heavy atom. The summed E-state index contributed by atoms with van der Waals surface area (Å²) >= 11 is 7.14. The molecule has 2 aromatic carbocycles. The second kappa shape index (κ2) is 9.64. The van der Waals surface area contributed by atoms with Crippen LogP contribution in [0.15, 0.2) is 65.6 Å². The first kappa shape index (κ1) is 23.4. The first-order valence-electron chi connectivity index (χ1n) is 10.3. The van der Waals surface area contributed by atoms with Crippen LogP contribution in [0.5, 0.6) is 0 Å². The number of hydrogen-bond acceptors (Lipinski definition) is 5. The van der Waals surface area contributed by atoms with Gasteiger partial charge >= 0.3 is 0 Å². The molecule has 1 aromatic heterocycles. The number of thiophene rings is 1. The fraction of sp³-hybridized carbons (Fsp3) is 0.217. The molecule has 0 unspecified atom stereocenters. The Morgan fingerprint density at radius 3 is 2.27 bits per heavy atom. The zero-order valence-corrected chi connectivity index (χ0v) is 19.9. The van der Waals surface area contributed by atoms with E-state index in [2.05, 4.69) is 5.32 Å². The maximum atomic E-state index is 12.9. The summed E-state index contributed by atoms with van der Waals surface area (Å²) in [5.74, 6) is -1.24. The highest BCUT2D eigenvalue weighted by Gasteiger charge is 2.32. The fourth-order valence-corrected chi connectivity index (χ4v) is 6.41. The molecule has 2 amide bonds. The third kappa shape index (κ3) is 5.11. The zero-order chi connectivity index (χ0) is 23.6. The summed E-state index contributed by atoms with van der Waals surface area (Å²) in [5, 5.41) is 3.71. The standard InChI is InChI=1S/C23H22ClN3O4S2/c24-17-6-8-18(9-7-17)33(30,31)27-12-10-16(11-13-27)22(29)26-23-19(21(25)28)14-20(32-23)15-4-2-1-3-5-15/h1-9,14,16H,10-13H2,(H2,25,28)(H,26,29). The molecule has 1 fully saturated rings. The monoisotopic (exact) mass is 503 g/mol. The number of carbonyl (C=O) groups is 2. The van der Waals surface area contributed by atoms with Gasteiger partial charge in [0.1, 0.15) is 5.00 Å². The lowest BCUT2D eigenvalue weighted by atomic mass is 9.97. The Kier molecular flexibility index (Phi) is 6.85. The van der Waals surface area contributed by atoms with E-state index in [0.717, 1.165) is 10.4 Å². The summed E-state index contributed by atoms with van der Waals surface area (Å²) in [6.07, 6.45) is 0.753. The van der Waals surface area contributed by atoms with Crippen molar-refractivity contribution in [1.29, 1.82) is 0 Å². The van der Waals surface area contributed by atoms with Crippen LogP contribution >= 0.6 is 22.9 Å². The Labute approximate surface area is 201 Å². The van der Waals surface area contributed by atoms with Crippen molar-refractivity contribution >= 4 is 49.8 Å². The summed E-state index contributed by atoms with van der Waals surface area (Å²) in [7, 11) is -3.65. The largest absolute Gasteiger partial charge is 0.366 e. The minimum atomic E-state index is -3.65. The van der Waals surface area contributed by atoms with E-state index >= 15 is 0 Å². The lowest BCUT2D eigenvalue weighted by Crippen LogP contribution is -2.41. The molecule has 33 heavy (non-hydrogen) atoms. The van der Waals surface area contributed by atoms with Crippen molar-refractivity contribution in [3.8, 4) is 10.4 Å². The van der Waals surface area contributed by atoms with Crippen molar-refractivity contribution in [2.45, 2.75) is 17.7 Å².